The Labute approximate surface area is 99.7 Å². The van der Waals surface area contributed by atoms with Crippen molar-refractivity contribution < 1.29 is 9.90 Å². The van der Waals surface area contributed by atoms with Crippen LogP contribution in [-0.4, -0.2) is 15.6 Å². The number of hydrogen-bond acceptors (Lipinski definition) is 1. The lowest BCUT2D eigenvalue weighted by Gasteiger charge is -2.03. The molecule has 1 aromatic carbocycles. The van der Waals surface area contributed by atoms with Crippen LogP contribution >= 0.6 is 0 Å². The number of carboxylic acids is 1. The first-order valence-corrected chi connectivity index (χ1v) is 6.02. The highest BCUT2D eigenvalue weighted by atomic mass is 16.4. The van der Waals surface area contributed by atoms with Crippen molar-refractivity contribution in [1.82, 2.24) is 4.57 Å². The highest BCUT2D eigenvalue weighted by molar-refractivity contribution is 5.99. The number of aromatic carboxylic acids is 1. The molecule has 0 atom stereocenters. The van der Waals surface area contributed by atoms with Gasteiger partial charge < -0.3 is 9.67 Å². The molecular formula is C14H15NO2. The van der Waals surface area contributed by atoms with Crippen molar-refractivity contribution in [3.8, 4) is 0 Å². The summed E-state index contributed by atoms with van der Waals surface area (Å²) < 4.78 is 1.82. The van der Waals surface area contributed by atoms with Gasteiger partial charge in [-0.1, -0.05) is 12.1 Å². The molecule has 1 aliphatic carbocycles. The molecule has 17 heavy (non-hydrogen) atoms. The first-order valence-electron chi connectivity index (χ1n) is 6.02. The molecule has 1 heterocycles. The molecule has 0 spiro atoms. The van der Waals surface area contributed by atoms with Crippen molar-refractivity contribution in [3.05, 3.63) is 35.0 Å². The van der Waals surface area contributed by atoms with Crippen molar-refractivity contribution in [2.75, 3.05) is 0 Å². The largest absolute Gasteiger partial charge is 0.477 e. The van der Waals surface area contributed by atoms with Gasteiger partial charge in [-0.2, -0.15) is 0 Å². The van der Waals surface area contributed by atoms with Gasteiger partial charge in [0.2, 0.25) is 0 Å². The second-order valence-corrected chi connectivity index (χ2v) is 4.71. The summed E-state index contributed by atoms with van der Waals surface area (Å²) in [7, 11) is 1.85. The molecular weight excluding hydrogens is 214 g/mol. The summed E-state index contributed by atoms with van der Waals surface area (Å²) in [6, 6.07) is 6.17. The van der Waals surface area contributed by atoms with Crippen molar-refractivity contribution in [2.45, 2.75) is 25.7 Å². The number of carbonyl (C=O) groups is 1. The Bertz CT molecular complexity index is 610. The Hall–Kier alpha value is -1.77. The average molecular weight is 229 g/mol. The lowest BCUT2D eigenvalue weighted by atomic mass is 10.0. The molecule has 0 saturated carbocycles. The summed E-state index contributed by atoms with van der Waals surface area (Å²) in [5.74, 6) is -0.813. The minimum absolute atomic E-state index is 0.467. The molecule has 0 bridgehead atoms. The maximum Gasteiger partial charge on any atom is 0.352 e. The molecule has 0 unspecified atom stereocenters. The minimum Gasteiger partial charge on any atom is -0.477 e. The molecule has 3 rings (SSSR count). The standard InChI is InChI=1S/C14H15NO2/c1-15-11-8-4-6-9-5-2-3-7-10(12(9)11)13(15)14(16)17/h4,6,8H,2-3,5,7H2,1H3,(H,16,17). The number of rotatable bonds is 1. The fourth-order valence-corrected chi connectivity index (χ4v) is 3.00. The van der Waals surface area contributed by atoms with E-state index in [0.29, 0.717) is 5.69 Å². The molecule has 1 aromatic heterocycles. The highest BCUT2D eigenvalue weighted by Gasteiger charge is 2.23. The Kier molecular flexibility index (Phi) is 2.21. The molecule has 0 aliphatic heterocycles. The Morgan fingerprint density at radius 2 is 2.06 bits per heavy atom. The van der Waals surface area contributed by atoms with E-state index in [0.717, 1.165) is 36.8 Å². The number of nitrogens with zero attached hydrogens (tertiary/aromatic N) is 1. The minimum atomic E-state index is -0.813. The summed E-state index contributed by atoms with van der Waals surface area (Å²) >= 11 is 0. The van der Waals surface area contributed by atoms with Crippen LogP contribution in [0, 0.1) is 0 Å². The third-order valence-electron chi connectivity index (χ3n) is 3.74. The van der Waals surface area contributed by atoms with Gasteiger partial charge in [0, 0.05) is 18.0 Å². The topological polar surface area (TPSA) is 42.2 Å². The molecule has 1 aliphatic rings. The van der Waals surface area contributed by atoms with Gasteiger partial charge in [-0.25, -0.2) is 4.79 Å². The molecule has 2 aromatic rings. The predicted octanol–water partition coefficient (Wildman–Crippen LogP) is 2.76. The summed E-state index contributed by atoms with van der Waals surface area (Å²) in [4.78, 5) is 11.4. The second kappa shape index (κ2) is 3.62. The van der Waals surface area contributed by atoms with Crippen LogP contribution in [0.3, 0.4) is 0 Å². The van der Waals surface area contributed by atoms with Crippen molar-refractivity contribution in [2.24, 2.45) is 7.05 Å². The molecule has 0 radical (unpaired) electrons. The van der Waals surface area contributed by atoms with Crippen LogP contribution in [0.1, 0.15) is 34.5 Å². The maximum absolute atomic E-state index is 11.4. The molecule has 1 N–H and O–H groups in total. The van der Waals surface area contributed by atoms with E-state index in [1.165, 1.54) is 10.9 Å². The van der Waals surface area contributed by atoms with Crippen LogP contribution in [0.4, 0.5) is 0 Å². The Morgan fingerprint density at radius 3 is 2.82 bits per heavy atom. The molecule has 0 fully saturated rings. The van der Waals surface area contributed by atoms with E-state index in [-0.39, 0.29) is 0 Å². The SMILES string of the molecule is Cn1c(C(=O)O)c2c3c(cccc31)CCCC2. The molecule has 0 saturated heterocycles. The number of aromatic nitrogens is 1. The van der Waals surface area contributed by atoms with Gasteiger partial charge in [0.15, 0.2) is 0 Å². The summed E-state index contributed by atoms with van der Waals surface area (Å²) in [5.41, 5.74) is 3.85. The van der Waals surface area contributed by atoms with E-state index in [9.17, 15) is 9.90 Å². The quantitative estimate of drug-likeness (QED) is 0.817. The smallest absolute Gasteiger partial charge is 0.352 e. The first-order chi connectivity index (χ1) is 8.20. The molecule has 88 valence electrons. The van der Waals surface area contributed by atoms with Crippen LogP contribution in [0.15, 0.2) is 18.2 Å². The third kappa shape index (κ3) is 1.38. The first kappa shape index (κ1) is 10.4. The van der Waals surface area contributed by atoms with Gasteiger partial charge in [-0.15, -0.1) is 0 Å². The Balaban J connectivity index is 2.46. The van der Waals surface area contributed by atoms with Crippen molar-refractivity contribution in [3.63, 3.8) is 0 Å². The lowest BCUT2D eigenvalue weighted by Crippen LogP contribution is -2.07. The summed E-state index contributed by atoms with van der Waals surface area (Å²) in [6.45, 7) is 0. The number of benzene rings is 1. The monoisotopic (exact) mass is 229 g/mol. The van der Waals surface area contributed by atoms with Gasteiger partial charge >= 0.3 is 5.97 Å². The molecule has 0 amide bonds. The van der Waals surface area contributed by atoms with Gasteiger partial charge in [-0.3, -0.25) is 0 Å². The van der Waals surface area contributed by atoms with E-state index < -0.39 is 5.97 Å². The fraction of sp³-hybridized carbons (Fsp3) is 0.357. The highest BCUT2D eigenvalue weighted by Crippen LogP contribution is 2.33. The predicted molar refractivity (Wildman–Crippen MR) is 66.5 cm³/mol. The Morgan fingerprint density at radius 1 is 1.29 bits per heavy atom. The number of carboxylic acid groups (broad SMARTS) is 1. The number of aryl methyl sites for hydroxylation is 3. The second-order valence-electron chi connectivity index (χ2n) is 4.71. The van der Waals surface area contributed by atoms with Crippen LogP contribution in [0.25, 0.3) is 10.9 Å². The molecule has 3 heteroatoms. The normalized spacial score (nSPS) is 14.9. The van der Waals surface area contributed by atoms with Gasteiger partial charge in [0.1, 0.15) is 5.69 Å². The zero-order valence-electron chi connectivity index (χ0n) is 9.86. The summed E-state index contributed by atoms with van der Waals surface area (Å²) in [5, 5.41) is 10.5. The summed E-state index contributed by atoms with van der Waals surface area (Å²) in [6.07, 6.45) is 4.17. The van der Waals surface area contributed by atoms with E-state index in [4.69, 9.17) is 0 Å². The number of hydrogen-bond donors (Lipinski definition) is 1. The van der Waals surface area contributed by atoms with Crippen LogP contribution < -0.4 is 0 Å². The lowest BCUT2D eigenvalue weighted by molar-refractivity contribution is 0.0686. The van der Waals surface area contributed by atoms with Crippen LogP contribution in [0.2, 0.25) is 0 Å². The van der Waals surface area contributed by atoms with Crippen LogP contribution in [-0.2, 0) is 19.9 Å². The zero-order valence-corrected chi connectivity index (χ0v) is 9.86. The third-order valence-corrected chi connectivity index (χ3v) is 3.74. The van der Waals surface area contributed by atoms with Crippen molar-refractivity contribution in [1.29, 1.82) is 0 Å². The molecule has 3 nitrogen and oxygen atoms in total. The van der Waals surface area contributed by atoms with Gasteiger partial charge in [0.05, 0.1) is 0 Å². The van der Waals surface area contributed by atoms with Gasteiger partial charge in [0.25, 0.3) is 0 Å². The zero-order chi connectivity index (χ0) is 12.0. The van der Waals surface area contributed by atoms with E-state index >= 15 is 0 Å². The van der Waals surface area contributed by atoms with E-state index in [1.54, 1.807) is 0 Å². The van der Waals surface area contributed by atoms with E-state index in [1.807, 2.05) is 23.7 Å². The fourth-order valence-electron chi connectivity index (χ4n) is 3.00. The van der Waals surface area contributed by atoms with Crippen molar-refractivity contribution >= 4 is 16.9 Å². The van der Waals surface area contributed by atoms with Gasteiger partial charge in [-0.05, 0) is 42.9 Å². The van der Waals surface area contributed by atoms with E-state index in [2.05, 4.69) is 6.07 Å². The maximum atomic E-state index is 11.4. The average Bonchev–Trinajstić information content (AvgIpc) is 2.47. The van der Waals surface area contributed by atoms with Crippen LogP contribution in [0.5, 0.6) is 0 Å².